The van der Waals surface area contributed by atoms with Crippen LogP contribution in [-0.2, 0) is 0 Å². The van der Waals surface area contributed by atoms with Gasteiger partial charge in [0.25, 0.3) is 0 Å². The molecule has 0 unspecified atom stereocenters. The molecule has 0 aliphatic heterocycles. The van der Waals surface area contributed by atoms with Gasteiger partial charge in [-0.2, -0.15) is 0 Å². The average molecular weight is 212 g/mol. The first-order valence-corrected chi connectivity index (χ1v) is 5.29. The van der Waals surface area contributed by atoms with Crippen LogP contribution < -0.4 is 0 Å². The molecule has 0 nitrogen and oxygen atoms in total. The first kappa shape index (κ1) is 14.2. The lowest BCUT2D eigenvalue weighted by molar-refractivity contribution is 1.20. The molecule has 0 aromatic carbocycles. The Kier molecular flexibility index (Phi) is 6.62. The van der Waals surface area contributed by atoms with E-state index < -0.39 is 0 Å². The summed E-state index contributed by atoms with van der Waals surface area (Å²) in [6, 6.07) is 0. The van der Waals surface area contributed by atoms with Crippen LogP contribution in [0, 0.1) is 0 Å². The molecule has 0 N–H and O–H groups in total. The van der Waals surface area contributed by atoms with Gasteiger partial charge in [0.1, 0.15) is 0 Å². The Morgan fingerprint density at radius 3 is 1.81 bits per heavy atom. The largest absolute Gasteiger partial charge is 0.0990 e. The van der Waals surface area contributed by atoms with Gasteiger partial charge in [0, 0.05) is 0 Å². The van der Waals surface area contributed by atoms with Crippen LogP contribution >= 0.6 is 0 Å². The minimum absolute atomic E-state index is 0.856. The van der Waals surface area contributed by atoms with E-state index in [1.807, 2.05) is 6.08 Å². The Morgan fingerprint density at radius 2 is 1.44 bits per heavy atom. The highest BCUT2D eigenvalue weighted by molar-refractivity contribution is 5.59. The molecule has 0 aliphatic rings. The summed E-state index contributed by atoms with van der Waals surface area (Å²) in [6.07, 6.45) is 10.2. The standard InChI is InChI=1S/C16H20/c1-7-11-15(9-3)13(5)14(6)16(10-4)12-8-2/h7,9-12H,1,3-6,8H2,2H3/b15-11+,16-12+. The van der Waals surface area contributed by atoms with Crippen molar-refractivity contribution in [3.05, 3.63) is 85.6 Å². The minimum atomic E-state index is 0.856. The third-order valence-electron chi connectivity index (χ3n) is 2.22. The van der Waals surface area contributed by atoms with Crippen molar-refractivity contribution >= 4 is 0 Å². The smallest absolute Gasteiger partial charge is 0.0184 e. The molecule has 0 radical (unpaired) electrons. The summed E-state index contributed by atoms with van der Waals surface area (Å²) < 4.78 is 0. The molecular weight excluding hydrogens is 192 g/mol. The van der Waals surface area contributed by atoms with Crippen molar-refractivity contribution in [3.8, 4) is 0 Å². The Morgan fingerprint density at radius 1 is 0.938 bits per heavy atom. The van der Waals surface area contributed by atoms with E-state index in [1.54, 1.807) is 18.2 Å². The lowest BCUT2D eigenvalue weighted by atomic mass is 9.94. The second-order valence-corrected chi connectivity index (χ2v) is 3.29. The first-order chi connectivity index (χ1) is 7.62. The van der Waals surface area contributed by atoms with Crippen molar-refractivity contribution in [1.82, 2.24) is 0 Å². The Balaban J connectivity index is 5.13. The van der Waals surface area contributed by atoms with Gasteiger partial charge in [0.15, 0.2) is 0 Å². The van der Waals surface area contributed by atoms with Gasteiger partial charge in [-0.15, -0.1) is 0 Å². The average Bonchev–Trinajstić information content (AvgIpc) is 2.31. The van der Waals surface area contributed by atoms with Crippen LogP contribution in [-0.4, -0.2) is 0 Å². The highest BCUT2D eigenvalue weighted by atomic mass is 14.1. The fourth-order valence-corrected chi connectivity index (χ4v) is 1.32. The van der Waals surface area contributed by atoms with Crippen molar-refractivity contribution in [3.63, 3.8) is 0 Å². The molecule has 0 fully saturated rings. The summed E-state index contributed by atoms with van der Waals surface area (Å²) in [4.78, 5) is 0. The zero-order valence-corrected chi connectivity index (χ0v) is 10.1. The predicted molar refractivity (Wildman–Crippen MR) is 75.3 cm³/mol. The fourth-order valence-electron chi connectivity index (χ4n) is 1.32. The third kappa shape index (κ3) is 3.74. The van der Waals surface area contributed by atoms with Crippen molar-refractivity contribution < 1.29 is 0 Å². The molecule has 0 saturated heterocycles. The van der Waals surface area contributed by atoms with Crippen molar-refractivity contribution in [2.24, 2.45) is 0 Å². The lowest BCUT2D eigenvalue weighted by Gasteiger charge is -2.11. The molecule has 0 atom stereocenters. The van der Waals surface area contributed by atoms with Crippen LogP contribution in [0.15, 0.2) is 85.6 Å². The van der Waals surface area contributed by atoms with Crippen LogP contribution in [0.3, 0.4) is 0 Å². The molecule has 0 saturated carbocycles. The second kappa shape index (κ2) is 7.47. The summed E-state index contributed by atoms with van der Waals surface area (Å²) in [6.45, 7) is 21.3. The van der Waals surface area contributed by atoms with Gasteiger partial charge in [-0.1, -0.05) is 70.2 Å². The highest BCUT2D eigenvalue weighted by Gasteiger charge is 2.05. The molecule has 84 valence electrons. The van der Waals surface area contributed by atoms with E-state index >= 15 is 0 Å². The third-order valence-corrected chi connectivity index (χ3v) is 2.22. The molecule has 0 heteroatoms. The van der Waals surface area contributed by atoms with Crippen LogP contribution in [0.5, 0.6) is 0 Å². The quantitative estimate of drug-likeness (QED) is 0.525. The zero-order chi connectivity index (χ0) is 12.6. The number of hydrogen-bond donors (Lipinski definition) is 0. The van der Waals surface area contributed by atoms with E-state index in [0.29, 0.717) is 0 Å². The minimum Gasteiger partial charge on any atom is -0.0990 e. The van der Waals surface area contributed by atoms with Gasteiger partial charge in [-0.25, -0.2) is 0 Å². The van der Waals surface area contributed by atoms with E-state index in [0.717, 1.165) is 28.7 Å². The number of hydrogen-bond acceptors (Lipinski definition) is 0. The summed E-state index contributed by atoms with van der Waals surface area (Å²) in [5, 5.41) is 0. The van der Waals surface area contributed by atoms with Gasteiger partial charge in [-0.3, -0.25) is 0 Å². The van der Waals surface area contributed by atoms with Crippen LogP contribution in [0.1, 0.15) is 13.3 Å². The van der Waals surface area contributed by atoms with Crippen LogP contribution in [0.4, 0.5) is 0 Å². The van der Waals surface area contributed by atoms with Gasteiger partial charge < -0.3 is 0 Å². The maximum atomic E-state index is 4.03. The maximum absolute atomic E-state index is 4.03. The normalized spacial score (nSPS) is 11.8. The van der Waals surface area contributed by atoms with Crippen molar-refractivity contribution in [2.75, 3.05) is 0 Å². The Hall–Kier alpha value is -1.82. The van der Waals surface area contributed by atoms with Crippen LogP contribution in [0.25, 0.3) is 0 Å². The topological polar surface area (TPSA) is 0 Å². The molecule has 0 aromatic heterocycles. The monoisotopic (exact) mass is 212 g/mol. The van der Waals surface area contributed by atoms with Crippen molar-refractivity contribution in [1.29, 1.82) is 0 Å². The summed E-state index contributed by atoms with van der Waals surface area (Å²) in [5.74, 6) is 0. The molecule has 0 aliphatic carbocycles. The Labute approximate surface area is 99.4 Å². The van der Waals surface area contributed by atoms with E-state index in [1.165, 1.54) is 0 Å². The summed E-state index contributed by atoms with van der Waals surface area (Å²) >= 11 is 0. The van der Waals surface area contributed by atoms with Crippen LogP contribution in [0.2, 0.25) is 0 Å². The molecular formula is C16H20. The SMILES string of the molecule is C=C/C=C(\C=C)C(=C)C(=C)/C(C=C)=C/CC. The molecule has 0 aromatic rings. The highest BCUT2D eigenvalue weighted by Crippen LogP contribution is 2.24. The predicted octanol–water partition coefficient (Wildman–Crippen LogP) is 4.92. The molecule has 0 amide bonds. The van der Waals surface area contributed by atoms with E-state index in [4.69, 9.17) is 0 Å². The first-order valence-electron chi connectivity index (χ1n) is 5.29. The number of allylic oxidation sites excluding steroid dienone is 9. The molecule has 0 heterocycles. The van der Waals surface area contributed by atoms with E-state index in [2.05, 4.69) is 45.9 Å². The zero-order valence-electron chi connectivity index (χ0n) is 10.1. The molecule has 0 spiro atoms. The van der Waals surface area contributed by atoms with Crippen molar-refractivity contribution in [2.45, 2.75) is 13.3 Å². The van der Waals surface area contributed by atoms with E-state index in [-0.39, 0.29) is 0 Å². The summed E-state index contributed by atoms with van der Waals surface area (Å²) in [7, 11) is 0. The molecule has 16 heavy (non-hydrogen) atoms. The second-order valence-electron chi connectivity index (χ2n) is 3.29. The fraction of sp³-hybridized carbons (Fsp3) is 0.125. The lowest BCUT2D eigenvalue weighted by Crippen LogP contribution is -1.92. The molecule has 0 rings (SSSR count). The molecule has 0 bridgehead atoms. The number of rotatable bonds is 7. The van der Waals surface area contributed by atoms with Gasteiger partial charge in [0.2, 0.25) is 0 Å². The summed E-state index contributed by atoms with van der Waals surface area (Å²) in [5.41, 5.74) is 3.69. The van der Waals surface area contributed by atoms with Gasteiger partial charge in [-0.05, 0) is 28.7 Å². The maximum Gasteiger partial charge on any atom is -0.0184 e. The van der Waals surface area contributed by atoms with E-state index in [9.17, 15) is 0 Å². The van der Waals surface area contributed by atoms with Gasteiger partial charge >= 0.3 is 0 Å². The van der Waals surface area contributed by atoms with Gasteiger partial charge in [0.05, 0.1) is 0 Å². The Bertz CT molecular complexity index is 373.